The summed E-state index contributed by atoms with van der Waals surface area (Å²) in [6.07, 6.45) is 0.391. The summed E-state index contributed by atoms with van der Waals surface area (Å²) in [5.74, 6) is -0.685. The van der Waals surface area contributed by atoms with E-state index in [0.29, 0.717) is 13.0 Å². The Morgan fingerprint density at radius 1 is 1.19 bits per heavy atom. The molecule has 0 aliphatic carbocycles. The molecule has 3 nitrogen and oxygen atoms in total. The van der Waals surface area contributed by atoms with Crippen LogP contribution in [0.25, 0.3) is 11.1 Å². The average molecular weight is 287 g/mol. The van der Waals surface area contributed by atoms with E-state index in [4.69, 9.17) is 10.5 Å². The van der Waals surface area contributed by atoms with Crippen molar-refractivity contribution in [2.45, 2.75) is 19.4 Å². The Balaban J connectivity index is 2.16. The summed E-state index contributed by atoms with van der Waals surface area (Å²) in [5, 5.41) is 0. The molecule has 2 rings (SSSR count). The molecule has 0 aliphatic heterocycles. The van der Waals surface area contributed by atoms with Crippen LogP contribution in [-0.4, -0.2) is 18.6 Å². The molecule has 0 saturated carbocycles. The number of carbonyl (C=O) groups excluding carboxylic acids is 1. The van der Waals surface area contributed by atoms with E-state index >= 15 is 0 Å². The maximum atomic E-state index is 13.3. The van der Waals surface area contributed by atoms with Crippen LogP contribution in [0.15, 0.2) is 48.5 Å². The third kappa shape index (κ3) is 4.13. The van der Waals surface area contributed by atoms with Crippen LogP contribution in [-0.2, 0) is 16.0 Å². The minimum atomic E-state index is -0.687. The molecule has 4 heteroatoms. The van der Waals surface area contributed by atoms with Gasteiger partial charge < -0.3 is 10.5 Å². The highest BCUT2D eigenvalue weighted by atomic mass is 19.1. The molecular weight excluding hydrogens is 269 g/mol. The van der Waals surface area contributed by atoms with E-state index in [-0.39, 0.29) is 5.82 Å². The predicted octanol–water partition coefficient (Wildman–Crippen LogP) is 2.93. The lowest BCUT2D eigenvalue weighted by atomic mass is 9.99. The first-order chi connectivity index (χ1) is 10.1. The van der Waals surface area contributed by atoms with Crippen LogP contribution < -0.4 is 5.73 Å². The van der Waals surface area contributed by atoms with Gasteiger partial charge in [0.1, 0.15) is 11.9 Å². The zero-order chi connectivity index (χ0) is 15.2. The molecule has 2 aromatic carbocycles. The number of esters is 1. The molecular formula is C17H18FNO2. The Morgan fingerprint density at radius 3 is 2.52 bits per heavy atom. The summed E-state index contributed by atoms with van der Waals surface area (Å²) in [7, 11) is 0. The smallest absolute Gasteiger partial charge is 0.323 e. The van der Waals surface area contributed by atoms with E-state index in [1.807, 2.05) is 30.3 Å². The van der Waals surface area contributed by atoms with Crippen LogP contribution in [0.2, 0.25) is 0 Å². The number of nitrogens with two attached hydrogens (primary N) is 1. The Kier molecular flexibility index (Phi) is 5.06. The zero-order valence-corrected chi connectivity index (χ0v) is 11.9. The monoisotopic (exact) mass is 287 g/mol. The topological polar surface area (TPSA) is 52.3 Å². The lowest BCUT2D eigenvalue weighted by Gasteiger charge is -2.11. The van der Waals surface area contributed by atoms with E-state index in [2.05, 4.69) is 0 Å². The van der Waals surface area contributed by atoms with Crippen molar-refractivity contribution in [3.8, 4) is 11.1 Å². The molecule has 0 bridgehead atoms. The number of hydrogen-bond acceptors (Lipinski definition) is 3. The number of carbonyl (C=O) groups is 1. The molecule has 1 atom stereocenters. The van der Waals surface area contributed by atoms with Crippen molar-refractivity contribution in [1.82, 2.24) is 0 Å². The Morgan fingerprint density at radius 2 is 1.86 bits per heavy atom. The standard InChI is InChI=1S/C17H18FNO2/c1-2-21-17(20)16(19)10-12-5-3-6-13(9-12)14-7-4-8-15(18)11-14/h3-9,11,16H,2,10,19H2,1H3. The molecule has 110 valence electrons. The van der Waals surface area contributed by atoms with Crippen molar-refractivity contribution in [1.29, 1.82) is 0 Å². The maximum Gasteiger partial charge on any atom is 0.323 e. The van der Waals surface area contributed by atoms with Gasteiger partial charge in [-0.05, 0) is 42.2 Å². The largest absolute Gasteiger partial charge is 0.465 e. The lowest BCUT2D eigenvalue weighted by molar-refractivity contribution is -0.144. The van der Waals surface area contributed by atoms with Crippen molar-refractivity contribution < 1.29 is 13.9 Å². The molecule has 1 unspecified atom stereocenters. The highest BCUT2D eigenvalue weighted by Gasteiger charge is 2.15. The average Bonchev–Trinajstić information content (AvgIpc) is 2.48. The first-order valence-electron chi connectivity index (χ1n) is 6.87. The van der Waals surface area contributed by atoms with Gasteiger partial charge in [0, 0.05) is 0 Å². The van der Waals surface area contributed by atoms with Crippen molar-refractivity contribution in [2.75, 3.05) is 6.61 Å². The molecule has 2 N–H and O–H groups in total. The van der Waals surface area contributed by atoms with Gasteiger partial charge in [-0.1, -0.05) is 36.4 Å². The second-order valence-corrected chi connectivity index (χ2v) is 4.77. The molecule has 2 aromatic rings. The van der Waals surface area contributed by atoms with Crippen LogP contribution >= 0.6 is 0 Å². The molecule has 0 amide bonds. The van der Waals surface area contributed by atoms with Crippen LogP contribution in [0, 0.1) is 5.82 Å². The summed E-state index contributed by atoms with van der Waals surface area (Å²) in [6, 6.07) is 13.3. The SMILES string of the molecule is CCOC(=O)C(N)Cc1cccc(-c2cccc(F)c2)c1. The van der Waals surface area contributed by atoms with Gasteiger partial charge >= 0.3 is 5.97 Å². The number of ether oxygens (including phenoxy) is 1. The van der Waals surface area contributed by atoms with E-state index in [1.54, 1.807) is 13.0 Å². The number of benzene rings is 2. The highest BCUT2D eigenvalue weighted by Crippen LogP contribution is 2.21. The molecule has 0 aromatic heterocycles. The fourth-order valence-corrected chi connectivity index (χ4v) is 2.13. The first-order valence-corrected chi connectivity index (χ1v) is 6.87. The van der Waals surface area contributed by atoms with Crippen LogP contribution in [0.5, 0.6) is 0 Å². The highest BCUT2D eigenvalue weighted by molar-refractivity contribution is 5.76. The molecule has 0 spiro atoms. The third-order valence-electron chi connectivity index (χ3n) is 3.13. The number of rotatable bonds is 5. The van der Waals surface area contributed by atoms with Gasteiger partial charge in [0.05, 0.1) is 6.61 Å². The second-order valence-electron chi connectivity index (χ2n) is 4.77. The Labute approximate surface area is 123 Å². The summed E-state index contributed by atoms with van der Waals surface area (Å²) < 4.78 is 18.2. The van der Waals surface area contributed by atoms with E-state index in [9.17, 15) is 9.18 Å². The minimum absolute atomic E-state index is 0.277. The molecule has 0 radical (unpaired) electrons. The number of halogens is 1. The quantitative estimate of drug-likeness (QED) is 0.860. The Hall–Kier alpha value is -2.20. The van der Waals surface area contributed by atoms with Crippen molar-refractivity contribution >= 4 is 5.97 Å². The summed E-state index contributed by atoms with van der Waals surface area (Å²) in [5.41, 5.74) is 8.41. The molecule has 0 saturated heterocycles. The van der Waals surface area contributed by atoms with Gasteiger partial charge in [-0.2, -0.15) is 0 Å². The molecule has 0 aliphatic rings. The van der Waals surface area contributed by atoms with E-state index in [1.165, 1.54) is 12.1 Å². The molecule has 21 heavy (non-hydrogen) atoms. The maximum absolute atomic E-state index is 13.3. The Bertz CT molecular complexity index is 628. The lowest BCUT2D eigenvalue weighted by Crippen LogP contribution is -2.34. The summed E-state index contributed by atoms with van der Waals surface area (Å²) in [6.45, 7) is 2.06. The summed E-state index contributed by atoms with van der Waals surface area (Å²) in [4.78, 5) is 11.6. The van der Waals surface area contributed by atoms with Crippen molar-refractivity contribution in [3.63, 3.8) is 0 Å². The van der Waals surface area contributed by atoms with Gasteiger partial charge in [-0.3, -0.25) is 4.79 Å². The third-order valence-corrected chi connectivity index (χ3v) is 3.13. The fraction of sp³-hybridized carbons (Fsp3) is 0.235. The van der Waals surface area contributed by atoms with Crippen molar-refractivity contribution in [2.24, 2.45) is 5.73 Å². The van der Waals surface area contributed by atoms with Gasteiger partial charge in [-0.15, -0.1) is 0 Å². The normalized spacial score (nSPS) is 12.0. The predicted molar refractivity (Wildman–Crippen MR) is 80.1 cm³/mol. The van der Waals surface area contributed by atoms with Crippen molar-refractivity contribution in [3.05, 3.63) is 59.9 Å². The van der Waals surface area contributed by atoms with Gasteiger partial charge in [0.15, 0.2) is 0 Å². The second kappa shape index (κ2) is 6.99. The van der Waals surface area contributed by atoms with Crippen LogP contribution in [0.1, 0.15) is 12.5 Å². The van der Waals surface area contributed by atoms with Gasteiger partial charge in [0.2, 0.25) is 0 Å². The van der Waals surface area contributed by atoms with E-state index in [0.717, 1.165) is 16.7 Å². The molecule has 0 fully saturated rings. The minimum Gasteiger partial charge on any atom is -0.465 e. The molecule has 0 heterocycles. The zero-order valence-electron chi connectivity index (χ0n) is 11.9. The fourth-order valence-electron chi connectivity index (χ4n) is 2.13. The summed E-state index contributed by atoms with van der Waals surface area (Å²) >= 11 is 0. The first kappa shape index (κ1) is 15.2. The van der Waals surface area contributed by atoms with Gasteiger partial charge in [0.25, 0.3) is 0 Å². The van der Waals surface area contributed by atoms with Crippen LogP contribution in [0.3, 0.4) is 0 Å². The van der Waals surface area contributed by atoms with Crippen LogP contribution in [0.4, 0.5) is 4.39 Å². The number of hydrogen-bond donors (Lipinski definition) is 1. The van der Waals surface area contributed by atoms with E-state index < -0.39 is 12.0 Å². The van der Waals surface area contributed by atoms with Gasteiger partial charge in [-0.25, -0.2) is 4.39 Å².